The average molecular weight is 423 g/mol. The molecular formula is C20H26N2O4S2. The zero-order valence-corrected chi connectivity index (χ0v) is 17.7. The van der Waals surface area contributed by atoms with Crippen LogP contribution in [0.3, 0.4) is 0 Å². The first-order valence-electron chi connectivity index (χ1n) is 9.33. The molecule has 0 spiro atoms. The van der Waals surface area contributed by atoms with Gasteiger partial charge in [-0.05, 0) is 51.0 Å². The highest BCUT2D eigenvalue weighted by Gasteiger charge is 2.40. The van der Waals surface area contributed by atoms with Crippen LogP contribution < -0.4 is 9.44 Å². The van der Waals surface area contributed by atoms with E-state index in [1.807, 2.05) is 13.8 Å². The molecule has 0 aliphatic heterocycles. The van der Waals surface area contributed by atoms with Crippen molar-refractivity contribution in [1.82, 2.24) is 9.44 Å². The molecule has 1 aliphatic rings. The molecule has 0 unspecified atom stereocenters. The largest absolute Gasteiger partial charge is 0.242 e. The molecule has 0 bridgehead atoms. The van der Waals surface area contributed by atoms with E-state index >= 15 is 0 Å². The van der Waals surface area contributed by atoms with Crippen molar-refractivity contribution >= 4 is 20.0 Å². The number of sulfonamides is 2. The van der Waals surface area contributed by atoms with Gasteiger partial charge in [0.2, 0.25) is 20.0 Å². The number of hydrogen-bond donors (Lipinski definition) is 2. The minimum Gasteiger partial charge on any atom is -0.207 e. The summed E-state index contributed by atoms with van der Waals surface area (Å²) in [6.07, 6.45) is 3.24. The van der Waals surface area contributed by atoms with Gasteiger partial charge in [0.1, 0.15) is 0 Å². The first-order valence-corrected chi connectivity index (χ1v) is 12.3. The second-order valence-electron chi connectivity index (χ2n) is 7.48. The molecule has 2 aromatic carbocycles. The smallest absolute Gasteiger partial charge is 0.207 e. The van der Waals surface area contributed by atoms with Crippen molar-refractivity contribution in [2.75, 3.05) is 0 Å². The Morgan fingerprint density at radius 3 is 1.36 bits per heavy atom. The monoisotopic (exact) mass is 422 g/mol. The molecule has 8 heteroatoms. The zero-order valence-electron chi connectivity index (χ0n) is 16.1. The second kappa shape index (κ2) is 7.94. The van der Waals surface area contributed by atoms with Crippen LogP contribution in [0.25, 0.3) is 0 Å². The number of aryl methyl sites for hydroxylation is 2. The van der Waals surface area contributed by atoms with Gasteiger partial charge in [0.25, 0.3) is 0 Å². The lowest BCUT2D eigenvalue weighted by atomic mass is 9.91. The van der Waals surface area contributed by atoms with E-state index in [9.17, 15) is 16.8 Å². The molecule has 2 aromatic rings. The highest BCUT2D eigenvalue weighted by molar-refractivity contribution is 7.90. The van der Waals surface area contributed by atoms with Crippen LogP contribution in [0.15, 0.2) is 58.3 Å². The van der Waals surface area contributed by atoms with Gasteiger partial charge >= 0.3 is 0 Å². The van der Waals surface area contributed by atoms with Crippen molar-refractivity contribution in [2.24, 2.45) is 0 Å². The topological polar surface area (TPSA) is 92.3 Å². The van der Waals surface area contributed by atoms with Crippen LogP contribution in [0, 0.1) is 13.8 Å². The molecule has 1 saturated carbocycles. The molecule has 0 amide bonds. The molecular weight excluding hydrogens is 396 g/mol. The summed E-state index contributed by atoms with van der Waals surface area (Å²) < 4.78 is 57.1. The fourth-order valence-electron chi connectivity index (χ4n) is 3.45. The number of rotatable bonds is 6. The first kappa shape index (κ1) is 21.0. The van der Waals surface area contributed by atoms with Gasteiger partial charge in [0, 0.05) is 0 Å². The Labute approximate surface area is 167 Å². The molecule has 1 aliphatic carbocycles. The summed E-state index contributed by atoms with van der Waals surface area (Å²) >= 11 is 0. The van der Waals surface area contributed by atoms with Gasteiger partial charge in [-0.15, -0.1) is 0 Å². The normalized spacial score (nSPS) is 17.4. The molecule has 0 radical (unpaired) electrons. The SMILES string of the molecule is Cc1ccc(S(=O)(=O)NC2(NS(=O)(=O)c3ccc(C)cc3)CCCCC2)cc1. The fraction of sp³-hybridized carbons (Fsp3) is 0.400. The maximum absolute atomic E-state index is 12.9. The van der Waals surface area contributed by atoms with Crippen molar-refractivity contribution in [3.05, 3.63) is 59.7 Å². The summed E-state index contributed by atoms with van der Waals surface area (Å²) in [6.45, 7) is 3.75. The zero-order chi connectivity index (χ0) is 20.4. The Bertz CT molecular complexity index is 943. The van der Waals surface area contributed by atoms with Crippen LogP contribution in [-0.2, 0) is 20.0 Å². The molecule has 3 rings (SSSR count). The average Bonchev–Trinajstić information content (AvgIpc) is 2.62. The van der Waals surface area contributed by atoms with Crippen molar-refractivity contribution in [3.8, 4) is 0 Å². The molecule has 0 saturated heterocycles. The molecule has 152 valence electrons. The Hall–Kier alpha value is -1.74. The van der Waals surface area contributed by atoms with Crippen LogP contribution in [0.2, 0.25) is 0 Å². The second-order valence-corrected chi connectivity index (χ2v) is 10.8. The maximum atomic E-state index is 12.9. The van der Waals surface area contributed by atoms with E-state index in [2.05, 4.69) is 9.44 Å². The van der Waals surface area contributed by atoms with Gasteiger partial charge in [0.15, 0.2) is 0 Å². The van der Waals surface area contributed by atoms with Crippen LogP contribution in [0.1, 0.15) is 43.2 Å². The van der Waals surface area contributed by atoms with E-state index in [4.69, 9.17) is 0 Å². The standard InChI is InChI=1S/C20H26N2O4S2/c1-16-6-10-18(11-7-16)27(23,24)21-20(14-4-3-5-15-20)22-28(25,26)19-12-8-17(2)9-13-19/h6-13,21-22H,3-5,14-15H2,1-2H3. The molecule has 0 atom stereocenters. The van der Waals surface area contributed by atoms with Gasteiger partial charge in [-0.3, -0.25) is 0 Å². The number of nitrogens with one attached hydrogen (secondary N) is 2. The fourth-order valence-corrected chi connectivity index (χ4v) is 6.28. The molecule has 0 aromatic heterocycles. The van der Waals surface area contributed by atoms with Gasteiger partial charge in [-0.2, -0.15) is 9.44 Å². The van der Waals surface area contributed by atoms with Crippen molar-refractivity contribution < 1.29 is 16.8 Å². The van der Waals surface area contributed by atoms with E-state index in [0.29, 0.717) is 12.8 Å². The Morgan fingerprint density at radius 1 is 0.643 bits per heavy atom. The summed E-state index contributed by atoms with van der Waals surface area (Å²) in [5.74, 6) is 0. The third kappa shape index (κ3) is 4.81. The van der Waals surface area contributed by atoms with E-state index in [0.717, 1.165) is 30.4 Å². The number of hydrogen-bond acceptors (Lipinski definition) is 4. The Balaban J connectivity index is 1.92. The maximum Gasteiger partial charge on any atom is 0.242 e. The summed E-state index contributed by atoms with van der Waals surface area (Å²) in [6, 6.07) is 13.0. The molecule has 0 heterocycles. The summed E-state index contributed by atoms with van der Waals surface area (Å²) in [7, 11) is -7.75. The van der Waals surface area contributed by atoms with Crippen molar-refractivity contribution in [3.63, 3.8) is 0 Å². The highest BCUT2D eigenvalue weighted by Crippen LogP contribution is 2.30. The van der Waals surface area contributed by atoms with Crippen LogP contribution >= 0.6 is 0 Å². The van der Waals surface area contributed by atoms with Crippen LogP contribution in [-0.4, -0.2) is 22.5 Å². The lowest BCUT2D eigenvalue weighted by molar-refractivity contribution is 0.251. The summed E-state index contributed by atoms with van der Waals surface area (Å²) in [5, 5.41) is 0. The minimum absolute atomic E-state index is 0.123. The van der Waals surface area contributed by atoms with Crippen LogP contribution in [0.5, 0.6) is 0 Å². The molecule has 2 N–H and O–H groups in total. The van der Waals surface area contributed by atoms with E-state index < -0.39 is 25.7 Å². The van der Waals surface area contributed by atoms with E-state index in [-0.39, 0.29) is 9.79 Å². The quantitative estimate of drug-likeness (QED) is 0.699. The molecule has 28 heavy (non-hydrogen) atoms. The lowest BCUT2D eigenvalue weighted by Gasteiger charge is -2.38. The summed E-state index contributed by atoms with van der Waals surface area (Å²) in [4.78, 5) is 0.246. The van der Waals surface area contributed by atoms with E-state index in [1.165, 1.54) is 24.3 Å². The predicted molar refractivity (Wildman–Crippen MR) is 109 cm³/mol. The van der Waals surface area contributed by atoms with Gasteiger partial charge in [-0.25, -0.2) is 16.8 Å². The predicted octanol–water partition coefficient (Wildman–Crippen LogP) is 3.22. The minimum atomic E-state index is -3.87. The van der Waals surface area contributed by atoms with Crippen molar-refractivity contribution in [2.45, 2.75) is 61.4 Å². The van der Waals surface area contributed by atoms with Crippen molar-refractivity contribution in [1.29, 1.82) is 0 Å². The molecule has 1 fully saturated rings. The third-order valence-corrected chi connectivity index (χ3v) is 8.13. The lowest BCUT2D eigenvalue weighted by Crippen LogP contribution is -2.61. The van der Waals surface area contributed by atoms with Gasteiger partial charge in [0.05, 0.1) is 15.5 Å². The Kier molecular flexibility index (Phi) is 5.95. The number of benzene rings is 2. The van der Waals surface area contributed by atoms with Gasteiger partial charge < -0.3 is 0 Å². The van der Waals surface area contributed by atoms with Crippen LogP contribution in [0.4, 0.5) is 0 Å². The third-order valence-electron chi connectivity index (χ3n) is 5.03. The van der Waals surface area contributed by atoms with Gasteiger partial charge in [-0.1, -0.05) is 54.7 Å². The first-order chi connectivity index (χ1) is 13.1. The Morgan fingerprint density at radius 2 is 1.00 bits per heavy atom. The van der Waals surface area contributed by atoms with E-state index in [1.54, 1.807) is 24.3 Å². The summed E-state index contributed by atoms with van der Waals surface area (Å²) in [5.41, 5.74) is 0.670. The molecule has 6 nitrogen and oxygen atoms in total. The highest BCUT2D eigenvalue weighted by atomic mass is 32.2.